The molecule has 1 aliphatic heterocycles. The standard InChI is InChI=1S/C33H46N2O5/c1-24-5-3-12-32(2)29(11-13-33(32,39)23-35-16-14-34(15-17-35)18-19-36)27-10-8-25(21-26(37)9-7-24)22-28(27)31(38)30-6-4-20-40-30/h4-6,8,10,20,22,26,29,36-37,39H,3,7,9,11-19,21,23H2,1-2H3. The molecule has 2 fully saturated rings. The normalized spacial score (nSPS) is 30.6. The van der Waals surface area contributed by atoms with Crippen LogP contribution in [0.1, 0.15) is 85.5 Å². The molecule has 1 aromatic carbocycles. The number of aliphatic hydroxyl groups is 3. The summed E-state index contributed by atoms with van der Waals surface area (Å²) >= 11 is 0. The molecule has 7 nitrogen and oxygen atoms in total. The zero-order valence-electron chi connectivity index (χ0n) is 24.1. The molecule has 4 atom stereocenters. The Morgan fingerprint density at radius 3 is 2.60 bits per heavy atom. The molecule has 0 amide bonds. The number of aliphatic hydroxyl groups excluding tert-OH is 2. The van der Waals surface area contributed by atoms with Gasteiger partial charge in [-0.05, 0) is 87.1 Å². The quantitative estimate of drug-likeness (QED) is 0.367. The summed E-state index contributed by atoms with van der Waals surface area (Å²) in [6, 6.07) is 9.54. The maximum atomic E-state index is 13.8. The topological polar surface area (TPSA) is 97.4 Å². The van der Waals surface area contributed by atoms with Crippen molar-refractivity contribution in [2.75, 3.05) is 45.9 Å². The van der Waals surface area contributed by atoms with E-state index in [1.165, 1.54) is 11.8 Å². The molecule has 6 rings (SSSR count). The second kappa shape index (κ2) is 12.3. The summed E-state index contributed by atoms with van der Waals surface area (Å²) < 4.78 is 5.53. The molecule has 2 aromatic rings. The van der Waals surface area contributed by atoms with Crippen LogP contribution >= 0.6 is 0 Å². The van der Waals surface area contributed by atoms with E-state index >= 15 is 0 Å². The lowest BCUT2D eigenvalue weighted by molar-refractivity contribution is -0.0888. The third-order valence-electron chi connectivity index (χ3n) is 10.0. The second-order valence-electron chi connectivity index (χ2n) is 12.6. The average Bonchev–Trinajstić information content (AvgIpc) is 3.56. The fourth-order valence-electron chi connectivity index (χ4n) is 7.42. The molecule has 0 radical (unpaired) electrons. The molecule has 4 aliphatic rings. The minimum absolute atomic E-state index is 0.0118. The summed E-state index contributed by atoms with van der Waals surface area (Å²) in [5.41, 5.74) is 2.50. The van der Waals surface area contributed by atoms with Gasteiger partial charge in [-0.15, -0.1) is 0 Å². The molecule has 1 aromatic heterocycles. The number of allylic oxidation sites excluding steroid dienone is 2. The van der Waals surface area contributed by atoms with Crippen LogP contribution in [0.25, 0.3) is 0 Å². The molecule has 1 saturated carbocycles. The molecular formula is C33H46N2O5. The van der Waals surface area contributed by atoms with E-state index in [1.54, 1.807) is 12.1 Å². The number of hydrogen-bond donors (Lipinski definition) is 3. The zero-order chi connectivity index (χ0) is 28.3. The number of carbonyl (C=O) groups excluding carboxylic acids is 1. The molecule has 1 saturated heterocycles. The Hall–Kier alpha value is -2.29. The smallest absolute Gasteiger partial charge is 0.228 e. The number of piperazine rings is 1. The van der Waals surface area contributed by atoms with Gasteiger partial charge < -0.3 is 19.7 Å². The van der Waals surface area contributed by atoms with Gasteiger partial charge >= 0.3 is 0 Å². The van der Waals surface area contributed by atoms with E-state index in [0.717, 1.165) is 63.0 Å². The maximum absolute atomic E-state index is 13.8. The van der Waals surface area contributed by atoms with E-state index in [9.17, 15) is 20.1 Å². The average molecular weight is 551 g/mol. The number of furan rings is 1. The van der Waals surface area contributed by atoms with E-state index in [-0.39, 0.29) is 18.3 Å². The lowest BCUT2D eigenvalue weighted by Crippen LogP contribution is -2.56. The van der Waals surface area contributed by atoms with E-state index < -0.39 is 17.1 Å². The molecule has 3 aliphatic carbocycles. The number of β-amino-alcohol motifs (C(OH)–C–C–N with tert-alkyl or cyclic N) is 2. The van der Waals surface area contributed by atoms with Gasteiger partial charge in [0.1, 0.15) is 0 Å². The first-order valence-electron chi connectivity index (χ1n) is 15.0. The number of benzene rings is 1. The van der Waals surface area contributed by atoms with Crippen molar-refractivity contribution in [1.82, 2.24) is 9.80 Å². The van der Waals surface area contributed by atoms with Crippen LogP contribution in [0, 0.1) is 5.41 Å². The van der Waals surface area contributed by atoms with Gasteiger partial charge in [-0.3, -0.25) is 14.6 Å². The monoisotopic (exact) mass is 550 g/mol. The van der Waals surface area contributed by atoms with Crippen molar-refractivity contribution in [2.24, 2.45) is 5.41 Å². The van der Waals surface area contributed by atoms with Crippen LogP contribution in [0.3, 0.4) is 0 Å². The van der Waals surface area contributed by atoms with Crippen LogP contribution in [0.2, 0.25) is 0 Å². The van der Waals surface area contributed by atoms with E-state index in [4.69, 9.17) is 4.42 Å². The van der Waals surface area contributed by atoms with Gasteiger partial charge in [0.15, 0.2) is 5.76 Å². The number of nitrogens with zero attached hydrogens (tertiary/aromatic N) is 2. The Labute approximate surface area is 238 Å². The molecule has 218 valence electrons. The van der Waals surface area contributed by atoms with Gasteiger partial charge in [0.2, 0.25) is 5.78 Å². The Balaban J connectivity index is 1.51. The number of ketones is 1. The lowest BCUT2D eigenvalue weighted by atomic mass is 9.64. The first-order chi connectivity index (χ1) is 19.2. The summed E-state index contributed by atoms with van der Waals surface area (Å²) in [6.45, 7) is 9.40. The van der Waals surface area contributed by atoms with Crippen LogP contribution in [0.15, 0.2) is 52.7 Å². The van der Waals surface area contributed by atoms with Gasteiger partial charge in [-0.2, -0.15) is 0 Å². The predicted octanol–water partition coefficient (Wildman–Crippen LogP) is 4.16. The second-order valence-corrected chi connectivity index (χ2v) is 12.6. The first kappa shape index (κ1) is 29.2. The molecule has 0 spiro atoms. The van der Waals surface area contributed by atoms with Gasteiger partial charge in [0.05, 0.1) is 24.6 Å². The van der Waals surface area contributed by atoms with E-state index in [1.807, 2.05) is 6.07 Å². The predicted molar refractivity (Wildman–Crippen MR) is 156 cm³/mol. The highest BCUT2D eigenvalue weighted by Gasteiger charge is 2.57. The highest BCUT2D eigenvalue weighted by atomic mass is 16.3. The molecule has 7 heteroatoms. The van der Waals surface area contributed by atoms with Gasteiger partial charge in [0.25, 0.3) is 0 Å². The van der Waals surface area contributed by atoms with Crippen molar-refractivity contribution in [3.63, 3.8) is 0 Å². The number of fused-ring (bicyclic) bond motifs is 8. The van der Waals surface area contributed by atoms with Crippen LogP contribution in [0.5, 0.6) is 0 Å². The largest absolute Gasteiger partial charge is 0.461 e. The summed E-state index contributed by atoms with van der Waals surface area (Å²) in [4.78, 5) is 18.4. The lowest BCUT2D eigenvalue weighted by Gasteiger charge is -2.47. The van der Waals surface area contributed by atoms with Crippen molar-refractivity contribution in [1.29, 1.82) is 0 Å². The molecule has 3 N–H and O–H groups in total. The van der Waals surface area contributed by atoms with Gasteiger partial charge in [0, 0.05) is 50.2 Å². The fraction of sp³-hybridized carbons (Fsp3) is 0.606. The summed E-state index contributed by atoms with van der Waals surface area (Å²) in [5.74, 6) is 0.184. The summed E-state index contributed by atoms with van der Waals surface area (Å²) in [6.07, 6.45) is 8.50. The van der Waals surface area contributed by atoms with E-state index in [0.29, 0.717) is 43.7 Å². The Bertz CT molecular complexity index is 1190. The Kier molecular flexibility index (Phi) is 8.98. The van der Waals surface area contributed by atoms with E-state index in [2.05, 4.69) is 41.9 Å². The number of carbonyl (C=O) groups is 1. The third-order valence-corrected chi connectivity index (χ3v) is 10.0. The third kappa shape index (κ3) is 6.00. The number of hydrogen-bond acceptors (Lipinski definition) is 7. The van der Waals surface area contributed by atoms with Crippen molar-refractivity contribution in [3.05, 3.63) is 70.7 Å². The van der Waals surface area contributed by atoms with Crippen molar-refractivity contribution >= 4 is 5.78 Å². The van der Waals surface area contributed by atoms with Gasteiger partial charge in [-0.25, -0.2) is 0 Å². The highest BCUT2D eigenvalue weighted by Crippen LogP contribution is 2.58. The maximum Gasteiger partial charge on any atom is 0.228 e. The first-order valence-corrected chi connectivity index (χ1v) is 15.0. The molecule has 2 bridgehead atoms. The Morgan fingerprint density at radius 2 is 1.88 bits per heavy atom. The highest BCUT2D eigenvalue weighted by molar-refractivity contribution is 6.08. The minimum atomic E-state index is -0.893. The minimum Gasteiger partial charge on any atom is -0.461 e. The summed E-state index contributed by atoms with van der Waals surface area (Å²) in [7, 11) is 0. The van der Waals surface area contributed by atoms with Crippen molar-refractivity contribution in [3.8, 4) is 0 Å². The van der Waals surface area contributed by atoms with Crippen molar-refractivity contribution in [2.45, 2.75) is 76.4 Å². The molecule has 40 heavy (non-hydrogen) atoms. The number of rotatable bonds is 6. The van der Waals surface area contributed by atoms with Gasteiger partial charge in [-0.1, -0.05) is 30.7 Å². The molecule has 4 unspecified atom stereocenters. The van der Waals surface area contributed by atoms with Crippen LogP contribution in [-0.4, -0.2) is 88.5 Å². The van der Waals surface area contributed by atoms with Crippen LogP contribution in [0.4, 0.5) is 0 Å². The fourth-order valence-corrected chi connectivity index (χ4v) is 7.42. The molecule has 2 heterocycles. The summed E-state index contributed by atoms with van der Waals surface area (Å²) in [5, 5.41) is 32.6. The van der Waals surface area contributed by atoms with Crippen molar-refractivity contribution < 1.29 is 24.5 Å². The Morgan fingerprint density at radius 1 is 1.10 bits per heavy atom. The zero-order valence-corrected chi connectivity index (χ0v) is 24.1. The molecular weight excluding hydrogens is 504 g/mol. The van der Waals surface area contributed by atoms with Crippen LogP contribution < -0.4 is 0 Å². The van der Waals surface area contributed by atoms with Crippen LogP contribution in [-0.2, 0) is 6.42 Å². The SMILES string of the molecule is CC1=CCCC2(C)C(CCC2(O)CN2CCN(CCO)CC2)c2ccc(cc2C(=O)c2ccco2)CC(O)CC1.